The molecule has 1 amide bonds. The molecule has 1 aromatic heterocycles. The monoisotopic (exact) mass is 375 g/mol. The van der Waals surface area contributed by atoms with Gasteiger partial charge in [0, 0.05) is 11.8 Å². The van der Waals surface area contributed by atoms with Crippen LogP contribution in [-0.2, 0) is 10.0 Å². The van der Waals surface area contributed by atoms with Crippen molar-refractivity contribution >= 4 is 15.9 Å². The Kier molecular flexibility index (Phi) is 5.08. The van der Waals surface area contributed by atoms with Gasteiger partial charge in [-0.15, -0.1) is 0 Å². The molecule has 1 fully saturated rings. The minimum Gasteiger partial charge on any atom is -0.393 e. The number of aliphatic hydroxyl groups excluding tert-OH is 1. The van der Waals surface area contributed by atoms with E-state index in [0.717, 1.165) is 0 Å². The summed E-state index contributed by atoms with van der Waals surface area (Å²) in [6.07, 6.45) is 2.45. The zero-order chi connectivity index (χ0) is 18.9. The molecular formula is C18H21N3O4S. The number of sulfonamides is 1. The van der Waals surface area contributed by atoms with Gasteiger partial charge in [0.15, 0.2) is 0 Å². The molecule has 2 aromatic rings. The summed E-state index contributed by atoms with van der Waals surface area (Å²) >= 11 is 0. The second-order valence-corrected chi connectivity index (χ2v) is 8.17. The molecule has 0 saturated heterocycles. The lowest BCUT2D eigenvalue weighted by atomic mass is 9.76. The van der Waals surface area contributed by atoms with Gasteiger partial charge in [-0.25, -0.2) is 13.6 Å². The standard InChI is InChI=1S/C18H21N3O4S/c1-11-5-6-14(26(19,24)25)10-15(11)18(23)21-17(12-8-13(22)9-12)16-4-2-3-7-20-16/h2-7,10,12-13,17,22H,8-9H2,1H3,(H,21,23)(H2,19,24,25). The van der Waals surface area contributed by atoms with Crippen molar-refractivity contribution in [2.24, 2.45) is 11.1 Å². The molecule has 1 saturated carbocycles. The fraction of sp³-hybridized carbons (Fsp3) is 0.333. The Morgan fingerprint density at radius 3 is 2.62 bits per heavy atom. The van der Waals surface area contributed by atoms with Crippen molar-refractivity contribution in [3.05, 3.63) is 59.4 Å². The highest BCUT2D eigenvalue weighted by Crippen LogP contribution is 2.37. The molecule has 1 heterocycles. The molecule has 7 nitrogen and oxygen atoms in total. The average Bonchev–Trinajstić information content (AvgIpc) is 2.57. The van der Waals surface area contributed by atoms with Crippen LogP contribution < -0.4 is 10.5 Å². The van der Waals surface area contributed by atoms with E-state index in [1.807, 2.05) is 12.1 Å². The van der Waals surface area contributed by atoms with Crippen LogP contribution in [0.5, 0.6) is 0 Å². The number of pyridine rings is 1. The Bertz CT molecular complexity index is 909. The molecule has 1 unspecified atom stereocenters. The van der Waals surface area contributed by atoms with Gasteiger partial charge < -0.3 is 10.4 Å². The summed E-state index contributed by atoms with van der Waals surface area (Å²) in [5.41, 5.74) is 1.60. The maximum atomic E-state index is 12.8. The second kappa shape index (κ2) is 7.14. The van der Waals surface area contributed by atoms with Gasteiger partial charge in [-0.1, -0.05) is 12.1 Å². The third-order valence-corrected chi connectivity index (χ3v) is 5.61. The lowest BCUT2D eigenvalue weighted by Crippen LogP contribution is -2.42. The van der Waals surface area contributed by atoms with Gasteiger partial charge in [0.1, 0.15) is 0 Å². The van der Waals surface area contributed by atoms with E-state index in [4.69, 9.17) is 5.14 Å². The maximum Gasteiger partial charge on any atom is 0.252 e. The average molecular weight is 375 g/mol. The normalized spacial score (nSPS) is 20.9. The first kappa shape index (κ1) is 18.5. The highest BCUT2D eigenvalue weighted by atomic mass is 32.2. The number of carbonyl (C=O) groups is 1. The molecule has 26 heavy (non-hydrogen) atoms. The molecule has 1 aromatic carbocycles. The van der Waals surface area contributed by atoms with Crippen LogP contribution in [0.2, 0.25) is 0 Å². The number of nitrogens with zero attached hydrogens (tertiary/aromatic N) is 1. The van der Waals surface area contributed by atoms with Crippen LogP contribution in [0.25, 0.3) is 0 Å². The summed E-state index contributed by atoms with van der Waals surface area (Å²) in [7, 11) is -3.90. The predicted molar refractivity (Wildman–Crippen MR) is 95.7 cm³/mol. The number of carbonyl (C=O) groups excluding carboxylic acids is 1. The van der Waals surface area contributed by atoms with E-state index in [1.54, 1.807) is 25.3 Å². The first-order chi connectivity index (χ1) is 12.3. The Labute approximate surface area is 152 Å². The summed E-state index contributed by atoms with van der Waals surface area (Å²) in [5, 5.41) is 17.7. The quantitative estimate of drug-likeness (QED) is 0.726. The van der Waals surface area contributed by atoms with Crippen molar-refractivity contribution in [1.82, 2.24) is 10.3 Å². The van der Waals surface area contributed by atoms with E-state index in [1.165, 1.54) is 12.1 Å². The van der Waals surface area contributed by atoms with E-state index < -0.39 is 15.9 Å². The van der Waals surface area contributed by atoms with E-state index in [9.17, 15) is 18.3 Å². The highest BCUT2D eigenvalue weighted by Gasteiger charge is 2.36. The fourth-order valence-corrected chi connectivity index (χ4v) is 3.68. The molecule has 1 aliphatic carbocycles. The van der Waals surface area contributed by atoms with Crippen molar-refractivity contribution in [2.45, 2.75) is 36.8 Å². The van der Waals surface area contributed by atoms with Crippen molar-refractivity contribution in [3.63, 3.8) is 0 Å². The zero-order valence-corrected chi connectivity index (χ0v) is 15.1. The maximum absolute atomic E-state index is 12.8. The van der Waals surface area contributed by atoms with Crippen LogP contribution in [0.15, 0.2) is 47.5 Å². The van der Waals surface area contributed by atoms with Crippen LogP contribution in [-0.4, -0.2) is 30.5 Å². The highest BCUT2D eigenvalue weighted by molar-refractivity contribution is 7.89. The number of nitrogens with one attached hydrogen (secondary N) is 1. The molecule has 8 heteroatoms. The van der Waals surface area contributed by atoms with Gasteiger partial charge in [0.25, 0.3) is 5.91 Å². The number of primary sulfonamides is 1. The largest absolute Gasteiger partial charge is 0.393 e. The SMILES string of the molecule is Cc1ccc(S(N)(=O)=O)cc1C(=O)NC(c1ccccn1)C1CC(O)C1. The minimum absolute atomic E-state index is 0.0746. The molecule has 0 bridgehead atoms. The van der Waals surface area contributed by atoms with Gasteiger partial charge in [0.2, 0.25) is 10.0 Å². The van der Waals surface area contributed by atoms with E-state index in [0.29, 0.717) is 24.1 Å². The summed E-state index contributed by atoms with van der Waals surface area (Å²) in [5.74, 6) is -0.323. The lowest BCUT2D eigenvalue weighted by molar-refractivity contribution is 0.0228. The van der Waals surface area contributed by atoms with E-state index in [-0.39, 0.29) is 28.5 Å². The van der Waals surface area contributed by atoms with Crippen molar-refractivity contribution in [3.8, 4) is 0 Å². The Balaban J connectivity index is 1.89. The number of aliphatic hydroxyl groups is 1. The number of aryl methyl sites for hydroxylation is 1. The Morgan fingerprint density at radius 1 is 1.31 bits per heavy atom. The molecule has 1 aliphatic rings. The van der Waals surface area contributed by atoms with Gasteiger partial charge in [0.05, 0.1) is 22.7 Å². The molecule has 0 aliphatic heterocycles. The molecule has 0 spiro atoms. The molecular weight excluding hydrogens is 354 g/mol. The summed E-state index contributed by atoms with van der Waals surface area (Å²) in [6.45, 7) is 1.73. The van der Waals surface area contributed by atoms with Crippen LogP contribution in [0.1, 0.15) is 40.5 Å². The number of hydrogen-bond acceptors (Lipinski definition) is 5. The van der Waals surface area contributed by atoms with Gasteiger partial charge in [-0.05, 0) is 55.5 Å². The van der Waals surface area contributed by atoms with Crippen molar-refractivity contribution in [2.75, 3.05) is 0 Å². The van der Waals surface area contributed by atoms with Gasteiger partial charge in [-0.2, -0.15) is 0 Å². The number of benzene rings is 1. The topological polar surface area (TPSA) is 122 Å². The number of nitrogens with two attached hydrogens (primary N) is 1. The lowest BCUT2D eigenvalue weighted by Gasteiger charge is -2.37. The smallest absolute Gasteiger partial charge is 0.252 e. The minimum atomic E-state index is -3.90. The number of aromatic nitrogens is 1. The zero-order valence-electron chi connectivity index (χ0n) is 14.3. The van der Waals surface area contributed by atoms with Gasteiger partial charge >= 0.3 is 0 Å². The van der Waals surface area contributed by atoms with Crippen LogP contribution >= 0.6 is 0 Å². The number of hydrogen-bond donors (Lipinski definition) is 3. The molecule has 0 radical (unpaired) electrons. The number of rotatable bonds is 5. The Morgan fingerprint density at radius 2 is 2.04 bits per heavy atom. The molecule has 1 atom stereocenters. The summed E-state index contributed by atoms with van der Waals surface area (Å²) < 4.78 is 23.1. The first-order valence-electron chi connectivity index (χ1n) is 8.29. The summed E-state index contributed by atoms with van der Waals surface area (Å²) in [4.78, 5) is 17.0. The van der Waals surface area contributed by atoms with Crippen molar-refractivity contribution in [1.29, 1.82) is 0 Å². The summed E-state index contributed by atoms with van der Waals surface area (Å²) in [6, 6.07) is 9.30. The molecule has 4 N–H and O–H groups in total. The third kappa shape index (κ3) is 3.92. The number of amides is 1. The molecule has 138 valence electrons. The van der Waals surface area contributed by atoms with Crippen LogP contribution in [0.3, 0.4) is 0 Å². The van der Waals surface area contributed by atoms with E-state index >= 15 is 0 Å². The van der Waals surface area contributed by atoms with Crippen LogP contribution in [0.4, 0.5) is 0 Å². The molecule has 3 rings (SSSR count). The second-order valence-electron chi connectivity index (χ2n) is 6.61. The van der Waals surface area contributed by atoms with Crippen molar-refractivity contribution < 1.29 is 18.3 Å². The van der Waals surface area contributed by atoms with E-state index in [2.05, 4.69) is 10.3 Å². The predicted octanol–water partition coefficient (Wildman–Crippen LogP) is 1.28. The van der Waals surface area contributed by atoms with Gasteiger partial charge in [-0.3, -0.25) is 9.78 Å². The Hall–Kier alpha value is -2.29. The third-order valence-electron chi connectivity index (χ3n) is 4.70. The fourth-order valence-electron chi connectivity index (χ4n) is 3.14. The van der Waals surface area contributed by atoms with Crippen LogP contribution in [0, 0.1) is 12.8 Å². The first-order valence-corrected chi connectivity index (χ1v) is 9.83.